The summed E-state index contributed by atoms with van der Waals surface area (Å²) in [4.78, 5) is 23.7. The average molecular weight is 292 g/mol. The van der Waals surface area contributed by atoms with Crippen LogP contribution < -0.4 is 5.19 Å². The molecule has 1 rings (SSSR count). The van der Waals surface area contributed by atoms with Crippen LogP contribution in [0.3, 0.4) is 0 Å². The lowest BCUT2D eigenvalue weighted by Gasteiger charge is -2.23. The Bertz CT molecular complexity index is 527. The molecule has 0 atom stereocenters. The van der Waals surface area contributed by atoms with Gasteiger partial charge in [-0.1, -0.05) is 36.5 Å². The van der Waals surface area contributed by atoms with Crippen molar-refractivity contribution < 1.29 is 14.3 Å². The van der Waals surface area contributed by atoms with Crippen LogP contribution in [-0.2, 0) is 16.0 Å². The maximum atomic E-state index is 11.9. The molecule has 0 bridgehead atoms. The Labute approximate surface area is 122 Å². The van der Waals surface area contributed by atoms with Gasteiger partial charge in [0.25, 0.3) is 0 Å². The molecule has 0 fully saturated rings. The van der Waals surface area contributed by atoms with E-state index in [0.717, 1.165) is 11.1 Å². The third kappa shape index (κ3) is 4.03. The first-order chi connectivity index (χ1) is 9.16. The first-order valence-electron chi connectivity index (χ1n) is 6.97. The van der Waals surface area contributed by atoms with Crippen LogP contribution in [0.4, 0.5) is 0 Å². The van der Waals surface area contributed by atoms with Crippen molar-refractivity contribution in [3.63, 3.8) is 0 Å². The van der Waals surface area contributed by atoms with Crippen molar-refractivity contribution in [1.82, 2.24) is 0 Å². The van der Waals surface area contributed by atoms with E-state index in [1.54, 1.807) is 13.8 Å². The predicted octanol–water partition coefficient (Wildman–Crippen LogP) is 2.85. The molecule has 0 unspecified atom stereocenters. The van der Waals surface area contributed by atoms with E-state index in [2.05, 4.69) is 25.7 Å². The monoisotopic (exact) mass is 292 g/mol. The quantitative estimate of drug-likeness (QED) is 0.476. The third-order valence-corrected chi connectivity index (χ3v) is 5.27. The maximum absolute atomic E-state index is 11.9. The second kappa shape index (κ2) is 6.35. The van der Waals surface area contributed by atoms with Crippen LogP contribution in [0.25, 0.3) is 0 Å². The molecule has 0 aliphatic rings. The van der Waals surface area contributed by atoms with Gasteiger partial charge in [0.05, 0.1) is 21.1 Å². The normalized spacial score (nSPS) is 11.3. The molecule has 0 aromatic heterocycles. The molecule has 0 saturated heterocycles. The Morgan fingerprint density at radius 1 is 1.20 bits per heavy atom. The van der Waals surface area contributed by atoms with Crippen LogP contribution in [0.5, 0.6) is 0 Å². The van der Waals surface area contributed by atoms with E-state index < -0.39 is 8.07 Å². The molecule has 0 spiro atoms. The maximum Gasteiger partial charge on any atom is 0.310 e. The van der Waals surface area contributed by atoms with E-state index in [9.17, 15) is 9.59 Å². The standard InChI is InChI=1S/C16H24O3Si/c1-7-19-16(18)10-14-13(12(3)17)8-11(2)9-15(14)20(4,5)6/h8-9H,7,10H2,1-6H3. The summed E-state index contributed by atoms with van der Waals surface area (Å²) in [5, 5.41) is 1.18. The van der Waals surface area contributed by atoms with Crippen LogP contribution in [-0.4, -0.2) is 26.4 Å². The summed E-state index contributed by atoms with van der Waals surface area (Å²) in [7, 11) is -1.64. The molecular weight excluding hydrogens is 268 g/mol. The highest BCUT2D eigenvalue weighted by Gasteiger charge is 2.25. The fourth-order valence-electron chi connectivity index (χ4n) is 2.35. The zero-order chi connectivity index (χ0) is 15.5. The highest BCUT2D eigenvalue weighted by atomic mass is 28.3. The van der Waals surface area contributed by atoms with E-state index >= 15 is 0 Å². The second-order valence-electron chi connectivity index (χ2n) is 6.13. The van der Waals surface area contributed by atoms with Crippen LogP contribution in [0.15, 0.2) is 12.1 Å². The summed E-state index contributed by atoms with van der Waals surface area (Å²) in [5.41, 5.74) is 2.59. The lowest BCUT2D eigenvalue weighted by Crippen LogP contribution is -2.42. The van der Waals surface area contributed by atoms with Crippen LogP contribution >= 0.6 is 0 Å². The number of ketones is 1. The van der Waals surface area contributed by atoms with Gasteiger partial charge in [0.1, 0.15) is 0 Å². The van der Waals surface area contributed by atoms with Crippen molar-refractivity contribution >= 4 is 25.0 Å². The molecular formula is C16H24O3Si. The highest BCUT2D eigenvalue weighted by molar-refractivity contribution is 6.89. The van der Waals surface area contributed by atoms with Gasteiger partial charge in [-0.25, -0.2) is 0 Å². The largest absolute Gasteiger partial charge is 0.466 e. The fourth-order valence-corrected chi connectivity index (χ4v) is 4.14. The number of hydrogen-bond acceptors (Lipinski definition) is 3. The molecule has 110 valence electrons. The number of rotatable bonds is 5. The predicted molar refractivity (Wildman–Crippen MR) is 84.5 cm³/mol. The van der Waals surface area contributed by atoms with E-state index in [0.29, 0.717) is 12.2 Å². The summed E-state index contributed by atoms with van der Waals surface area (Å²) in [6.07, 6.45) is 0.183. The zero-order valence-corrected chi connectivity index (χ0v) is 14.3. The minimum atomic E-state index is -1.64. The topological polar surface area (TPSA) is 43.4 Å². The van der Waals surface area contributed by atoms with Crippen molar-refractivity contribution in [3.05, 3.63) is 28.8 Å². The van der Waals surface area contributed by atoms with Crippen molar-refractivity contribution in [2.45, 2.75) is 46.8 Å². The van der Waals surface area contributed by atoms with Crippen molar-refractivity contribution in [2.75, 3.05) is 6.61 Å². The first-order valence-corrected chi connectivity index (χ1v) is 10.5. The van der Waals surface area contributed by atoms with Crippen LogP contribution in [0, 0.1) is 6.92 Å². The molecule has 20 heavy (non-hydrogen) atoms. The third-order valence-electron chi connectivity index (χ3n) is 3.21. The Kier molecular flexibility index (Phi) is 5.28. The molecule has 0 amide bonds. The number of Topliss-reactive ketones (excluding diaryl/α,β-unsaturated/α-hetero) is 1. The van der Waals surface area contributed by atoms with Crippen molar-refractivity contribution in [2.24, 2.45) is 0 Å². The number of carbonyl (C=O) groups is 2. The molecule has 0 radical (unpaired) electrons. The van der Waals surface area contributed by atoms with E-state index in [1.165, 1.54) is 5.19 Å². The lowest BCUT2D eigenvalue weighted by atomic mass is 9.99. The van der Waals surface area contributed by atoms with Gasteiger partial charge in [-0.15, -0.1) is 0 Å². The number of benzene rings is 1. The summed E-state index contributed by atoms with van der Waals surface area (Å²) >= 11 is 0. The van der Waals surface area contributed by atoms with Gasteiger partial charge in [-0.2, -0.15) is 0 Å². The van der Waals surface area contributed by atoms with Crippen LogP contribution in [0.1, 0.15) is 35.3 Å². The molecule has 0 heterocycles. The SMILES string of the molecule is CCOC(=O)Cc1c(C(C)=O)cc(C)cc1[Si](C)(C)C. The molecule has 0 N–H and O–H groups in total. The number of carbonyl (C=O) groups excluding carboxylic acids is 2. The summed E-state index contributed by atoms with van der Waals surface area (Å²) in [6.45, 7) is 12.4. The fraction of sp³-hybridized carbons (Fsp3) is 0.500. The van der Waals surface area contributed by atoms with Gasteiger partial charge in [0.15, 0.2) is 5.78 Å². The zero-order valence-electron chi connectivity index (χ0n) is 13.3. The molecule has 0 aliphatic heterocycles. The van der Waals surface area contributed by atoms with Crippen molar-refractivity contribution in [1.29, 1.82) is 0 Å². The van der Waals surface area contributed by atoms with Gasteiger partial charge in [-0.05, 0) is 32.4 Å². The number of hydrogen-bond donors (Lipinski definition) is 0. The van der Waals surface area contributed by atoms with Gasteiger partial charge in [0.2, 0.25) is 0 Å². The number of aryl methyl sites for hydroxylation is 1. The van der Waals surface area contributed by atoms with Gasteiger partial charge in [0, 0.05) is 5.56 Å². The van der Waals surface area contributed by atoms with Gasteiger partial charge in [-0.3, -0.25) is 9.59 Å². The number of ether oxygens (including phenoxy) is 1. The molecule has 4 heteroatoms. The minimum Gasteiger partial charge on any atom is -0.466 e. The summed E-state index contributed by atoms with van der Waals surface area (Å²) in [5.74, 6) is -0.258. The molecule has 3 nitrogen and oxygen atoms in total. The van der Waals surface area contributed by atoms with E-state index in [-0.39, 0.29) is 18.2 Å². The van der Waals surface area contributed by atoms with Gasteiger partial charge >= 0.3 is 5.97 Å². The summed E-state index contributed by atoms with van der Waals surface area (Å²) < 4.78 is 5.04. The lowest BCUT2D eigenvalue weighted by molar-refractivity contribution is -0.142. The highest BCUT2D eigenvalue weighted by Crippen LogP contribution is 2.17. The summed E-state index contributed by atoms with van der Waals surface area (Å²) in [6, 6.07) is 3.99. The Hall–Kier alpha value is -1.42. The second-order valence-corrected chi connectivity index (χ2v) is 11.2. The molecule has 0 saturated carbocycles. The Balaban J connectivity index is 3.42. The number of esters is 1. The van der Waals surface area contributed by atoms with E-state index in [4.69, 9.17) is 4.74 Å². The molecule has 1 aromatic carbocycles. The minimum absolute atomic E-state index is 0.00694. The van der Waals surface area contributed by atoms with Gasteiger partial charge < -0.3 is 4.74 Å². The smallest absolute Gasteiger partial charge is 0.310 e. The molecule has 1 aromatic rings. The van der Waals surface area contributed by atoms with Crippen LogP contribution in [0.2, 0.25) is 19.6 Å². The van der Waals surface area contributed by atoms with E-state index in [1.807, 2.05) is 13.0 Å². The average Bonchev–Trinajstić information content (AvgIpc) is 2.29. The van der Waals surface area contributed by atoms with Crippen molar-refractivity contribution in [3.8, 4) is 0 Å². The molecule has 0 aliphatic carbocycles. The Morgan fingerprint density at radius 3 is 2.25 bits per heavy atom. The first kappa shape index (κ1) is 16.6. The Morgan fingerprint density at radius 2 is 1.80 bits per heavy atom.